The molecule has 0 atom stereocenters. The second-order valence-electron chi connectivity index (χ2n) is 5.82. The monoisotopic (exact) mass is 402 g/mol. The molecule has 1 heterocycles. The van der Waals surface area contributed by atoms with Gasteiger partial charge in [0.05, 0.1) is 12.8 Å². The average molecular weight is 403 g/mol. The van der Waals surface area contributed by atoms with Crippen molar-refractivity contribution in [3.8, 4) is 17.0 Å². The van der Waals surface area contributed by atoms with Gasteiger partial charge in [-0.25, -0.2) is 4.98 Å². The maximum atomic E-state index is 12.5. The lowest BCUT2D eigenvalue weighted by atomic mass is 10.0. The van der Waals surface area contributed by atoms with E-state index < -0.39 is 0 Å². The molecule has 0 aliphatic carbocycles. The Morgan fingerprint density at radius 3 is 2.48 bits per heavy atom. The van der Waals surface area contributed by atoms with Gasteiger partial charge in [-0.15, -0.1) is 0 Å². The Hall–Kier alpha value is -2.28. The van der Waals surface area contributed by atoms with Gasteiger partial charge < -0.3 is 14.8 Å². The third kappa shape index (κ3) is 4.91. The maximum absolute atomic E-state index is 12.5. The van der Waals surface area contributed by atoms with Crippen molar-refractivity contribution in [2.75, 3.05) is 13.7 Å². The standard InChI is InChI=1S/C20H19ClN2O3S/c1-26-16-8-4-14(5-9-16)18-17(10-11-24)19(25)23-20(22-18)27-12-13-2-6-15(21)7-3-13/h2-9,24H,10-12H2,1H3,(H,22,23,25). The van der Waals surface area contributed by atoms with Crippen molar-refractivity contribution in [2.24, 2.45) is 0 Å². The topological polar surface area (TPSA) is 75.2 Å². The number of hydrogen-bond donors (Lipinski definition) is 2. The van der Waals surface area contributed by atoms with Crippen LogP contribution in [0.3, 0.4) is 0 Å². The molecule has 2 N–H and O–H groups in total. The highest BCUT2D eigenvalue weighted by atomic mass is 35.5. The van der Waals surface area contributed by atoms with Gasteiger partial charge in [0.15, 0.2) is 5.16 Å². The number of thioether (sulfide) groups is 1. The van der Waals surface area contributed by atoms with Crippen molar-refractivity contribution in [1.82, 2.24) is 9.97 Å². The molecular weight excluding hydrogens is 384 g/mol. The van der Waals surface area contributed by atoms with Crippen molar-refractivity contribution in [3.05, 3.63) is 75.0 Å². The van der Waals surface area contributed by atoms with E-state index in [1.807, 2.05) is 48.5 Å². The number of rotatable bonds is 7. The van der Waals surface area contributed by atoms with Gasteiger partial charge >= 0.3 is 0 Å². The fourth-order valence-electron chi connectivity index (χ4n) is 2.61. The summed E-state index contributed by atoms with van der Waals surface area (Å²) in [6, 6.07) is 14.9. The lowest BCUT2D eigenvalue weighted by molar-refractivity contribution is 0.299. The zero-order valence-corrected chi connectivity index (χ0v) is 16.3. The van der Waals surface area contributed by atoms with E-state index in [1.54, 1.807) is 7.11 Å². The minimum atomic E-state index is -0.233. The van der Waals surface area contributed by atoms with E-state index >= 15 is 0 Å². The fourth-order valence-corrected chi connectivity index (χ4v) is 3.55. The number of ether oxygens (including phenoxy) is 1. The largest absolute Gasteiger partial charge is 0.497 e. The minimum Gasteiger partial charge on any atom is -0.497 e. The van der Waals surface area contributed by atoms with Crippen molar-refractivity contribution in [1.29, 1.82) is 0 Å². The Bertz CT molecular complexity index is 956. The van der Waals surface area contributed by atoms with Gasteiger partial charge in [0.1, 0.15) is 5.75 Å². The first-order valence-corrected chi connectivity index (χ1v) is 9.73. The molecule has 0 radical (unpaired) electrons. The van der Waals surface area contributed by atoms with Crippen LogP contribution in [-0.2, 0) is 12.2 Å². The first-order valence-electron chi connectivity index (χ1n) is 8.36. The molecule has 140 valence electrons. The molecule has 0 aliphatic rings. The predicted molar refractivity (Wildman–Crippen MR) is 109 cm³/mol. The molecule has 0 amide bonds. The van der Waals surface area contributed by atoms with Gasteiger partial charge in [-0.1, -0.05) is 35.5 Å². The van der Waals surface area contributed by atoms with Crippen molar-refractivity contribution >= 4 is 23.4 Å². The molecule has 0 spiro atoms. The first-order chi connectivity index (χ1) is 13.1. The van der Waals surface area contributed by atoms with Crippen LogP contribution in [0.15, 0.2) is 58.5 Å². The number of H-pyrrole nitrogens is 1. The zero-order chi connectivity index (χ0) is 19.2. The number of benzene rings is 2. The van der Waals surface area contributed by atoms with Crippen LogP contribution in [0.25, 0.3) is 11.3 Å². The van der Waals surface area contributed by atoms with Crippen LogP contribution < -0.4 is 10.3 Å². The van der Waals surface area contributed by atoms with Crippen LogP contribution in [0.4, 0.5) is 0 Å². The second kappa shape index (κ2) is 9.08. The van der Waals surface area contributed by atoms with E-state index in [2.05, 4.69) is 9.97 Å². The number of hydrogen-bond acceptors (Lipinski definition) is 5. The number of aromatic nitrogens is 2. The molecular formula is C20H19ClN2O3S. The normalized spacial score (nSPS) is 10.8. The molecule has 7 heteroatoms. The Kier molecular flexibility index (Phi) is 6.55. The molecule has 3 aromatic rings. The summed E-state index contributed by atoms with van der Waals surface area (Å²) >= 11 is 7.35. The van der Waals surface area contributed by atoms with Crippen LogP contribution in [0.1, 0.15) is 11.1 Å². The second-order valence-corrected chi connectivity index (χ2v) is 7.22. The summed E-state index contributed by atoms with van der Waals surface area (Å²) in [5, 5.41) is 10.5. The molecule has 3 rings (SSSR count). The first kappa shape index (κ1) is 19.5. The van der Waals surface area contributed by atoms with Gasteiger partial charge in [0, 0.05) is 34.9 Å². The van der Waals surface area contributed by atoms with Crippen LogP contribution in [0.5, 0.6) is 5.75 Å². The van der Waals surface area contributed by atoms with E-state index in [1.165, 1.54) is 11.8 Å². The Morgan fingerprint density at radius 2 is 1.85 bits per heavy atom. The Balaban J connectivity index is 1.92. The Morgan fingerprint density at radius 1 is 1.15 bits per heavy atom. The summed E-state index contributed by atoms with van der Waals surface area (Å²) < 4.78 is 5.18. The summed E-state index contributed by atoms with van der Waals surface area (Å²) in [4.78, 5) is 20.0. The van der Waals surface area contributed by atoms with Crippen molar-refractivity contribution < 1.29 is 9.84 Å². The van der Waals surface area contributed by atoms with Gasteiger partial charge in [0.2, 0.25) is 0 Å². The zero-order valence-electron chi connectivity index (χ0n) is 14.7. The lowest BCUT2D eigenvalue weighted by Crippen LogP contribution is -2.18. The molecule has 0 unspecified atom stereocenters. The van der Waals surface area contributed by atoms with E-state index in [4.69, 9.17) is 16.3 Å². The summed E-state index contributed by atoms with van der Waals surface area (Å²) in [7, 11) is 1.60. The molecule has 1 aromatic heterocycles. The van der Waals surface area contributed by atoms with Gasteiger partial charge in [-0.3, -0.25) is 4.79 Å². The van der Waals surface area contributed by atoms with Crippen LogP contribution >= 0.6 is 23.4 Å². The highest BCUT2D eigenvalue weighted by molar-refractivity contribution is 7.98. The number of nitrogens with one attached hydrogen (secondary N) is 1. The van der Waals surface area contributed by atoms with Gasteiger partial charge in [-0.2, -0.15) is 0 Å². The molecule has 0 aliphatic heterocycles. The molecule has 5 nitrogen and oxygen atoms in total. The highest BCUT2D eigenvalue weighted by Crippen LogP contribution is 2.26. The van der Waals surface area contributed by atoms with E-state index in [9.17, 15) is 9.90 Å². The number of halogens is 1. The van der Waals surface area contributed by atoms with Crippen LogP contribution in [-0.4, -0.2) is 28.8 Å². The number of nitrogens with zero attached hydrogens (tertiary/aromatic N) is 1. The molecule has 0 bridgehead atoms. The van der Waals surface area contributed by atoms with Gasteiger partial charge in [-0.05, 0) is 42.0 Å². The smallest absolute Gasteiger partial charge is 0.255 e. The summed E-state index contributed by atoms with van der Waals surface area (Å²) in [6.45, 7) is -0.120. The quantitative estimate of drug-likeness (QED) is 0.462. The van der Waals surface area contributed by atoms with E-state index in [-0.39, 0.29) is 18.6 Å². The maximum Gasteiger partial charge on any atom is 0.255 e. The average Bonchev–Trinajstić information content (AvgIpc) is 2.69. The Labute approximate surface area is 166 Å². The molecule has 2 aromatic carbocycles. The summed E-state index contributed by atoms with van der Waals surface area (Å²) in [5.74, 6) is 1.38. The highest BCUT2D eigenvalue weighted by Gasteiger charge is 2.14. The molecule has 0 saturated carbocycles. The van der Waals surface area contributed by atoms with Crippen LogP contribution in [0, 0.1) is 0 Å². The summed E-state index contributed by atoms with van der Waals surface area (Å²) in [6.07, 6.45) is 0.242. The summed E-state index contributed by atoms with van der Waals surface area (Å²) in [5.41, 5.74) is 2.70. The fraction of sp³-hybridized carbons (Fsp3) is 0.200. The van der Waals surface area contributed by atoms with Crippen molar-refractivity contribution in [3.63, 3.8) is 0 Å². The van der Waals surface area contributed by atoms with E-state index in [0.29, 0.717) is 27.2 Å². The molecule has 27 heavy (non-hydrogen) atoms. The molecule has 0 saturated heterocycles. The number of methoxy groups -OCH3 is 1. The third-order valence-electron chi connectivity index (χ3n) is 4.01. The van der Waals surface area contributed by atoms with E-state index in [0.717, 1.165) is 16.9 Å². The SMILES string of the molecule is COc1ccc(-c2nc(SCc3ccc(Cl)cc3)[nH]c(=O)c2CCO)cc1. The van der Waals surface area contributed by atoms with Crippen molar-refractivity contribution in [2.45, 2.75) is 17.3 Å². The number of aromatic amines is 1. The minimum absolute atomic E-state index is 0.120. The van der Waals surface area contributed by atoms with Gasteiger partial charge in [0.25, 0.3) is 5.56 Å². The third-order valence-corrected chi connectivity index (χ3v) is 5.20. The van der Waals surface area contributed by atoms with Crippen LogP contribution in [0.2, 0.25) is 5.02 Å². The number of aliphatic hydroxyl groups excluding tert-OH is 1. The molecule has 0 fully saturated rings. The predicted octanol–water partition coefficient (Wildman–Crippen LogP) is 3.93. The lowest BCUT2D eigenvalue weighted by Gasteiger charge is -2.10. The number of aliphatic hydroxyl groups is 1.